The molecule has 0 bridgehead atoms. The Hall–Kier alpha value is -1.73. The van der Waals surface area contributed by atoms with Gasteiger partial charge in [-0.3, -0.25) is 10.1 Å². The van der Waals surface area contributed by atoms with Crippen LogP contribution < -0.4 is 5.32 Å². The van der Waals surface area contributed by atoms with Crippen molar-refractivity contribution in [1.29, 1.82) is 0 Å². The van der Waals surface area contributed by atoms with Crippen molar-refractivity contribution < 1.29 is 13.2 Å². The molecule has 7 heteroatoms. The van der Waals surface area contributed by atoms with E-state index in [0.29, 0.717) is 16.6 Å². The molecule has 2 aromatic rings. The zero-order valence-corrected chi connectivity index (χ0v) is 15.3. The minimum atomic E-state index is -3.34. The van der Waals surface area contributed by atoms with Crippen LogP contribution >= 0.6 is 11.3 Å². The van der Waals surface area contributed by atoms with Gasteiger partial charge in [-0.05, 0) is 43.4 Å². The Morgan fingerprint density at radius 2 is 2.21 bits per heavy atom. The summed E-state index contributed by atoms with van der Waals surface area (Å²) >= 11 is 1.53. The Labute approximate surface area is 146 Å². The van der Waals surface area contributed by atoms with Crippen molar-refractivity contribution in [1.82, 2.24) is 4.98 Å². The van der Waals surface area contributed by atoms with Gasteiger partial charge in [0.1, 0.15) is 0 Å². The summed E-state index contributed by atoms with van der Waals surface area (Å²) in [5, 5.41) is 3.39. The van der Waals surface area contributed by atoms with E-state index in [1.165, 1.54) is 28.3 Å². The number of sulfone groups is 1. The predicted octanol–water partition coefficient (Wildman–Crippen LogP) is 3.31. The summed E-state index contributed by atoms with van der Waals surface area (Å²) in [6, 6.07) is 6.05. The molecular weight excluding hydrogens is 344 g/mol. The average Bonchev–Trinajstić information content (AvgIpc) is 2.95. The fourth-order valence-electron chi connectivity index (χ4n) is 2.88. The van der Waals surface area contributed by atoms with Crippen molar-refractivity contribution >= 4 is 32.2 Å². The molecule has 0 radical (unpaired) electrons. The number of fused-ring (bicyclic) bond motifs is 1. The first-order chi connectivity index (χ1) is 11.4. The molecule has 1 aromatic carbocycles. The molecule has 0 spiro atoms. The van der Waals surface area contributed by atoms with Gasteiger partial charge in [-0.15, -0.1) is 11.3 Å². The maximum atomic E-state index is 12.4. The Balaban J connectivity index is 1.78. The standard InChI is InChI=1S/C17H20N2O3S2/c1-3-11-7-8-14-15(9-11)23-17(18-14)19-16(20)12-5-4-6-13(10-12)24(2,21)22/h4-6,10-11H,3,7-9H2,1-2H3,(H,18,19,20). The van der Waals surface area contributed by atoms with Crippen molar-refractivity contribution in [3.05, 3.63) is 40.4 Å². The number of amides is 1. The van der Waals surface area contributed by atoms with Crippen LogP contribution in [0.2, 0.25) is 0 Å². The third-order valence-electron chi connectivity index (χ3n) is 4.36. The van der Waals surface area contributed by atoms with Crippen LogP contribution in [-0.2, 0) is 22.7 Å². The lowest BCUT2D eigenvalue weighted by atomic mass is 9.89. The molecular formula is C17H20N2O3S2. The molecule has 24 heavy (non-hydrogen) atoms. The third kappa shape index (κ3) is 3.67. The van der Waals surface area contributed by atoms with E-state index < -0.39 is 9.84 Å². The maximum absolute atomic E-state index is 12.4. The zero-order valence-electron chi connectivity index (χ0n) is 13.7. The number of aromatic nitrogens is 1. The maximum Gasteiger partial charge on any atom is 0.257 e. The van der Waals surface area contributed by atoms with Gasteiger partial charge in [0.05, 0.1) is 10.6 Å². The number of nitrogens with one attached hydrogen (secondary N) is 1. The number of carbonyl (C=O) groups excluding carboxylic acids is 1. The van der Waals surface area contributed by atoms with Crippen molar-refractivity contribution in [2.75, 3.05) is 11.6 Å². The molecule has 3 rings (SSSR count). The largest absolute Gasteiger partial charge is 0.298 e. The Morgan fingerprint density at radius 1 is 1.42 bits per heavy atom. The fraction of sp³-hybridized carbons (Fsp3) is 0.412. The van der Waals surface area contributed by atoms with Crippen LogP contribution in [0, 0.1) is 5.92 Å². The molecule has 1 amide bonds. The number of anilines is 1. The fourth-order valence-corrected chi connectivity index (χ4v) is 4.67. The van der Waals surface area contributed by atoms with Crippen LogP contribution in [0.1, 0.15) is 40.7 Å². The second-order valence-electron chi connectivity index (χ2n) is 6.16. The van der Waals surface area contributed by atoms with Crippen LogP contribution in [0.3, 0.4) is 0 Å². The van der Waals surface area contributed by atoms with Gasteiger partial charge >= 0.3 is 0 Å². The molecule has 1 unspecified atom stereocenters. The summed E-state index contributed by atoms with van der Waals surface area (Å²) in [6.45, 7) is 2.20. The minimum absolute atomic E-state index is 0.138. The normalized spacial score (nSPS) is 17.3. The third-order valence-corrected chi connectivity index (χ3v) is 6.51. The molecule has 1 aromatic heterocycles. The van der Waals surface area contributed by atoms with Gasteiger partial charge in [0, 0.05) is 16.7 Å². The van der Waals surface area contributed by atoms with Crippen LogP contribution in [0.4, 0.5) is 5.13 Å². The summed E-state index contributed by atoms with van der Waals surface area (Å²) in [6.07, 6.45) is 5.43. The number of carbonyl (C=O) groups is 1. The summed E-state index contributed by atoms with van der Waals surface area (Å²) in [7, 11) is -3.34. The quantitative estimate of drug-likeness (QED) is 0.903. The summed E-state index contributed by atoms with van der Waals surface area (Å²) in [4.78, 5) is 18.3. The first-order valence-corrected chi connectivity index (χ1v) is 10.7. The number of hydrogen-bond acceptors (Lipinski definition) is 5. The van der Waals surface area contributed by atoms with Crippen LogP contribution in [0.5, 0.6) is 0 Å². The van der Waals surface area contributed by atoms with Gasteiger partial charge < -0.3 is 0 Å². The minimum Gasteiger partial charge on any atom is -0.298 e. The number of hydrogen-bond donors (Lipinski definition) is 1. The summed E-state index contributed by atoms with van der Waals surface area (Å²) < 4.78 is 23.2. The van der Waals surface area contributed by atoms with Gasteiger partial charge in [0.25, 0.3) is 5.91 Å². The van der Waals surface area contributed by atoms with E-state index in [9.17, 15) is 13.2 Å². The van der Waals surface area contributed by atoms with E-state index in [2.05, 4.69) is 17.2 Å². The highest BCUT2D eigenvalue weighted by Gasteiger charge is 2.22. The van der Waals surface area contributed by atoms with Crippen molar-refractivity contribution in [3.63, 3.8) is 0 Å². The predicted molar refractivity (Wildman–Crippen MR) is 95.4 cm³/mol. The molecule has 0 saturated heterocycles. The topological polar surface area (TPSA) is 76.1 Å². The molecule has 0 saturated carbocycles. The zero-order chi connectivity index (χ0) is 17.3. The van der Waals surface area contributed by atoms with Crippen LogP contribution in [-0.4, -0.2) is 25.6 Å². The summed E-state index contributed by atoms with van der Waals surface area (Å²) in [5.74, 6) is 0.367. The second kappa shape index (κ2) is 6.64. The van der Waals surface area contributed by atoms with Crippen molar-refractivity contribution in [3.8, 4) is 0 Å². The Kier molecular flexibility index (Phi) is 4.73. The number of thiazole rings is 1. The Bertz CT molecular complexity index is 872. The van der Waals surface area contributed by atoms with E-state index in [-0.39, 0.29) is 10.8 Å². The first kappa shape index (κ1) is 17.1. The van der Waals surface area contributed by atoms with E-state index in [1.807, 2.05) is 0 Å². The highest BCUT2D eigenvalue weighted by molar-refractivity contribution is 7.90. The van der Waals surface area contributed by atoms with E-state index >= 15 is 0 Å². The van der Waals surface area contributed by atoms with Crippen molar-refractivity contribution in [2.24, 2.45) is 5.92 Å². The first-order valence-electron chi connectivity index (χ1n) is 7.97. The molecule has 1 aliphatic rings. The lowest BCUT2D eigenvalue weighted by Gasteiger charge is -2.18. The monoisotopic (exact) mass is 364 g/mol. The van der Waals surface area contributed by atoms with E-state index in [0.717, 1.165) is 37.6 Å². The van der Waals surface area contributed by atoms with Gasteiger partial charge in [0.15, 0.2) is 15.0 Å². The molecule has 1 N–H and O–H groups in total. The van der Waals surface area contributed by atoms with E-state index in [4.69, 9.17) is 0 Å². The molecule has 5 nitrogen and oxygen atoms in total. The van der Waals surface area contributed by atoms with Crippen molar-refractivity contribution in [2.45, 2.75) is 37.5 Å². The van der Waals surface area contributed by atoms with E-state index in [1.54, 1.807) is 12.1 Å². The SMILES string of the molecule is CCC1CCc2nc(NC(=O)c3cccc(S(C)(=O)=O)c3)sc2C1. The molecule has 1 heterocycles. The highest BCUT2D eigenvalue weighted by Crippen LogP contribution is 2.33. The number of aryl methyl sites for hydroxylation is 1. The molecule has 0 fully saturated rings. The van der Waals surface area contributed by atoms with Gasteiger partial charge in [-0.2, -0.15) is 0 Å². The smallest absolute Gasteiger partial charge is 0.257 e. The lowest BCUT2D eigenvalue weighted by molar-refractivity contribution is 0.102. The summed E-state index contributed by atoms with van der Waals surface area (Å²) in [5.41, 5.74) is 1.41. The Morgan fingerprint density at radius 3 is 2.92 bits per heavy atom. The van der Waals surface area contributed by atoms with Gasteiger partial charge in [-0.25, -0.2) is 13.4 Å². The molecule has 1 atom stereocenters. The highest BCUT2D eigenvalue weighted by atomic mass is 32.2. The van der Waals surface area contributed by atoms with Gasteiger partial charge in [-0.1, -0.05) is 19.4 Å². The van der Waals surface area contributed by atoms with Crippen LogP contribution in [0.25, 0.3) is 0 Å². The lowest BCUT2D eigenvalue weighted by Crippen LogP contribution is -2.13. The molecule has 1 aliphatic carbocycles. The second-order valence-corrected chi connectivity index (χ2v) is 9.26. The number of benzene rings is 1. The van der Waals surface area contributed by atoms with Gasteiger partial charge in [0.2, 0.25) is 0 Å². The average molecular weight is 364 g/mol. The number of nitrogens with zero attached hydrogens (tertiary/aromatic N) is 1. The molecule has 0 aliphatic heterocycles. The molecule has 128 valence electrons. The van der Waals surface area contributed by atoms with Crippen LogP contribution in [0.15, 0.2) is 29.2 Å². The number of rotatable bonds is 4.